The molecule has 1 aromatic heterocycles. The molecule has 1 N–H and O–H groups in total. The molecular weight excluding hydrogens is 511 g/mol. The Labute approximate surface area is 217 Å². The first-order valence-electron chi connectivity index (χ1n) is 10.5. The van der Waals surface area contributed by atoms with Crippen molar-refractivity contribution in [1.82, 2.24) is 10.2 Å². The maximum Gasteiger partial charge on any atom is 0.268 e. The molecule has 2 aromatic carbocycles. The molecule has 3 rings (SSSR count). The fraction of sp³-hybridized carbons (Fsp3) is 0.250. The number of ether oxygens (including phenoxy) is 3. The van der Waals surface area contributed by atoms with Crippen LogP contribution in [0.25, 0.3) is 6.08 Å². The number of halogens is 2. The van der Waals surface area contributed by atoms with Gasteiger partial charge in [-0.3, -0.25) is 10.1 Å². The number of nitriles is 1. The Morgan fingerprint density at radius 3 is 2.60 bits per heavy atom. The monoisotopic (exact) mass is 532 g/mol. The van der Waals surface area contributed by atoms with E-state index >= 15 is 0 Å². The van der Waals surface area contributed by atoms with Crippen LogP contribution in [0.5, 0.6) is 17.2 Å². The van der Waals surface area contributed by atoms with Crippen LogP contribution >= 0.6 is 34.5 Å². The summed E-state index contributed by atoms with van der Waals surface area (Å²) in [6, 6.07) is 10.5. The fourth-order valence-electron chi connectivity index (χ4n) is 2.90. The molecule has 1 heterocycles. The highest BCUT2D eigenvalue weighted by Gasteiger charge is 2.16. The predicted molar refractivity (Wildman–Crippen MR) is 137 cm³/mol. The van der Waals surface area contributed by atoms with Gasteiger partial charge in [0.15, 0.2) is 11.5 Å². The van der Waals surface area contributed by atoms with Crippen LogP contribution in [-0.4, -0.2) is 36.4 Å². The molecule has 0 atom stereocenters. The van der Waals surface area contributed by atoms with Gasteiger partial charge in [-0.2, -0.15) is 5.26 Å². The Morgan fingerprint density at radius 2 is 1.94 bits per heavy atom. The third kappa shape index (κ3) is 7.09. The summed E-state index contributed by atoms with van der Waals surface area (Å²) in [5.74, 6) is 0.749. The summed E-state index contributed by atoms with van der Waals surface area (Å²) in [7, 11) is 1.47. The third-order valence-electron chi connectivity index (χ3n) is 4.65. The highest BCUT2D eigenvalue weighted by Crippen LogP contribution is 2.37. The Morgan fingerprint density at radius 1 is 1.17 bits per heavy atom. The van der Waals surface area contributed by atoms with Crippen LogP contribution < -0.4 is 19.5 Å². The molecule has 8 nitrogen and oxygen atoms in total. The lowest BCUT2D eigenvalue weighted by Gasteiger charge is -2.14. The number of hydrogen-bond donors (Lipinski definition) is 1. The minimum Gasteiger partial charge on any atom is -0.493 e. The van der Waals surface area contributed by atoms with Gasteiger partial charge < -0.3 is 14.2 Å². The number of amides is 1. The van der Waals surface area contributed by atoms with Crippen molar-refractivity contribution in [3.8, 4) is 23.3 Å². The lowest BCUT2D eigenvalue weighted by atomic mass is 10.1. The van der Waals surface area contributed by atoms with E-state index < -0.39 is 5.91 Å². The molecule has 0 saturated carbocycles. The first-order chi connectivity index (χ1) is 16.8. The highest BCUT2D eigenvalue weighted by atomic mass is 35.5. The largest absolute Gasteiger partial charge is 0.493 e. The minimum atomic E-state index is -0.601. The van der Waals surface area contributed by atoms with Crippen LogP contribution in [0.3, 0.4) is 0 Å². The van der Waals surface area contributed by atoms with E-state index in [9.17, 15) is 10.1 Å². The van der Waals surface area contributed by atoms with Crippen LogP contribution in [0.15, 0.2) is 35.9 Å². The van der Waals surface area contributed by atoms with Gasteiger partial charge in [0.2, 0.25) is 5.13 Å². The van der Waals surface area contributed by atoms with Gasteiger partial charge >= 0.3 is 0 Å². The topological polar surface area (TPSA) is 106 Å². The summed E-state index contributed by atoms with van der Waals surface area (Å²) in [5.41, 5.74) is 1.28. The number of aryl methyl sites for hydroxylation is 2. The Kier molecular flexibility index (Phi) is 9.32. The van der Waals surface area contributed by atoms with Crippen molar-refractivity contribution in [1.29, 1.82) is 5.26 Å². The number of aromatic nitrogens is 2. The molecule has 0 aliphatic rings. The standard InChI is InChI=1S/C24H22Cl2N4O4S/c1-4-21-29-30-24(35-21)28-23(31)16(13-27)10-15-11-19(26)22(20(12-15)32-3)34-8-7-33-17-5-6-18(25)14(2)9-17/h5-6,9-12H,4,7-8H2,1-3H3,(H,28,30,31). The maximum absolute atomic E-state index is 12.5. The first kappa shape index (κ1) is 26.3. The van der Waals surface area contributed by atoms with Gasteiger partial charge in [0.25, 0.3) is 5.91 Å². The Bertz CT molecular complexity index is 1290. The zero-order valence-electron chi connectivity index (χ0n) is 19.2. The molecule has 35 heavy (non-hydrogen) atoms. The van der Waals surface area contributed by atoms with Crippen molar-refractivity contribution >= 4 is 51.7 Å². The quantitative estimate of drug-likeness (QED) is 0.202. The number of methoxy groups -OCH3 is 1. The molecule has 0 aliphatic carbocycles. The predicted octanol–water partition coefficient (Wildman–Crippen LogP) is 5.73. The number of anilines is 1. The van der Waals surface area contributed by atoms with Crippen molar-refractivity contribution in [3.63, 3.8) is 0 Å². The summed E-state index contributed by atoms with van der Waals surface area (Å²) in [5, 5.41) is 21.9. The van der Waals surface area contributed by atoms with Crippen molar-refractivity contribution in [2.75, 3.05) is 25.6 Å². The van der Waals surface area contributed by atoms with Crippen LogP contribution in [-0.2, 0) is 11.2 Å². The van der Waals surface area contributed by atoms with Gasteiger partial charge in [0.1, 0.15) is 35.6 Å². The second-order valence-corrected chi connectivity index (χ2v) is 9.00. The van der Waals surface area contributed by atoms with Crippen LogP contribution in [0.2, 0.25) is 10.0 Å². The number of rotatable bonds is 10. The average Bonchev–Trinajstić information content (AvgIpc) is 3.30. The number of carbonyl (C=O) groups excluding carboxylic acids is 1. The van der Waals surface area contributed by atoms with E-state index in [1.165, 1.54) is 24.5 Å². The van der Waals surface area contributed by atoms with E-state index in [4.69, 9.17) is 37.4 Å². The summed E-state index contributed by atoms with van der Waals surface area (Å²) < 4.78 is 16.9. The van der Waals surface area contributed by atoms with E-state index in [0.29, 0.717) is 39.4 Å². The smallest absolute Gasteiger partial charge is 0.268 e. The van der Waals surface area contributed by atoms with E-state index in [1.54, 1.807) is 24.3 Å². The van der Waals surface area contributed by atoms with E-state index in [0.717, 1.165) is 10.6 Å². The van der Waals surface area contributed by atoms with Crippen LogP contribution in [0.4, 0.5) is 5.13 Å². The average molecular weight is 533 g/mol. The third-order valence-corrected chi connectivity index (χ3v) is 6.33. The van der Waals surface area contributed by atoms with Gasteiger partial charge in [0, 0.05) is 5.02 Å². The molecule has 0 fully saturated rings. The summed E-state index contributed by atoms with van der Waals surface area (Å²) >= 11 is 13.7. The molecule has 0 aliphatic heterocycles. The number of nitrogens with zero attached hydrogens (tertiary/aromatic N) is 3. The van der Waals surface area contributed by atoms with Gasteiger partial charge in [-0.1, -0.05) is 41.5 Å². The lowest BCUT2D eigenvalue weighted by Crippen LogP contribution is -2.13. The number of nitrogens with one attached hydrogen (secondary N) is 1. The summed E-state index contributed by atoms with van der Waals surface area (Å²) in [6.45, 7) is 4.31. The van der Waals surface area contributed by atoms with Crippen molar-refractivity contribution < 1.29 is 19.0 Å². The first-order valence-corrected chi connectivity index (χ1v) is 12.1. The molecule has 0 unspecified atom stereocenters. The zero-order valence-corrected chi connectivity index (χ0v) is 21.6. The number of benzene rings is 2. The second kappa shape index (κ2) is 12.4. The molecule has 11 heteroatoms. The molecule has 0 radical (unpaired) electrons. The normalized spacial score (nSPS) is 11.0. The van der Waals surface area contributed by atoms with Gasteiger partial charge in [-0.25, -0.2) is 0 Å². The number of hydrogen-bond acceptors (Lipinski definition) is 8. The van der Waals surface area contributed by atoms with Crippen molar-refractivity contribution in [2.45, 2.75) is 20.3 Å². The molecule has 0 saturated heterocycles. The molecule has 0 bridgehead atoms. The van der Waals surface area contributed by atoms with E-state index in [-0.39, 0.29) is 23.8 Å². The van der Waals surface area contributed by atoms with E-state index in [2.05, 4.69) is 15.5 Å². The summed E-state index contributed by atoms with van der Waals surface area (Å²) in [6.07, 6.45) is 2.11. The summed E-state index contributed by atoms with van der Waals surface area (Å²) in [4.78, 5) is 12.5. The molecule has 0 spiro atoms. The van der Waals surface area contributed by atoms with Gasteiger partial charge in [-0.05, 0) is 60.9 Å². The highest BCUT2D eigenvalue weighted by molar-refractivity contribution is 7.15. The zero-order chi connectivity index (χ0) is 25.4. The lowest BCUT2D eigenvalue weighted by molar-refractivity contribution is -0.112. The fourth-order valence-corrected chi connectivity index (χ4v) is 3.97. The molecular formula is C24H22Cl2N4O4S. The Balaban J connectivity index is 1.68. The van der Waals surface area contributed by atoms with Crippen LogP contribution in [0, 0.1) is 18.3 Å². The minimum absolute atomic E-state index is 0.128. The maximum atomic E-state index is 12.5. The second-order valence-electron chi connectivity index (χ2n) is 7.12. The van der Waals surface area contributed by atoms with Crippen molar-refractivity contribution in [2.24, 2.45) is 0 Å². The van der Waals surface area contributed by atoms with Gasteiger partial charge in [0.05, 0.1) is 12.1 Å². The van der Waals surface area contributed by atoms with E-state index in [1.807, 2.05) is 26.0 Å². The SMILES string of the molecule is CCc1nnc(NC(=O)C(C#N)=Cc2cc(Cl)c(OCCOc3ccc(Cl)c(C)c3)c(OC)c2)s1. The Hall–Kier alpha value is -3.32. The van der Waals surface area contributed by atoms with Gasteiger partial charge in [-0.15, -0.1) is 10.2 Å². The van der Waals surface area contributed by atoms with Crippen LogP contribution in [0.1, 0.15) is 23.1 Å². The molecule has 182 valence electrons. The molecule has 1 amide bonds. The number of carbonyl (C=O) groups is 1. The van der Waals surface area contributed by atoms with Crippen molar-refractivity contribution in [3.05, 3.63) is 62.1 Å². The molecule has 3 aromatic rings.